The predicted molar refractivity (Wildman–Crippen MR) is 47.4 cm³/mol. The number of nitrogens with two attached hydrogens (primary N) is 1. The van der Waals surface area contributed by atoms with Crippen LogP contribution in [0.4, 0.5) is 8.78 Å². The highest BCUT2D eigenvalue weighted by molar-refractivity contribution is 4.57. The van der Waals surface area contributed by atoms with E-state index < -0.39 is 5.92 Å². The molecule has 0 aromatic heterocycles. The lowest BCUT2D eigenvalue weighted by Crippen LogP contribution is -2.08. The number of alkyl halides is 2. The second-order valence-electron chi connectivity index (χ2n) is 3.38. The summed E-state index contributed by atoms with van der Waals surface area (Å²) >= 11 is 0. The normalized spacial score (nSPS) is 12.0. The smallest absolute Gasteiger partial charge is 0.245 e. The van der Waals surface area contributed by atoms with E-state index in [2.05, 4.69) is 0 Å². The molecule has 1 nitrogen and oxygen atoms in total. The molecule has 0 heterocycles. The number of hydrogen-bond acceptors (Lipinski definition) is 1. The Labute approximate surface area is 73.3 Å². The largest absolute Gasteiger partial charge is 0.330 e. The average molecular weight is 179 g/mol. The SMILES string of the molecule is CC(F)(F)CCCCCCCN. The van der Waals surface area contributed by atoms with Crippen molar-refractivity contribution in [1.82, 2.24) is 0 Å². The maximum Gasteiger partial charge on any atom is 0.245 e. The number of halogens is 2. The van der Waals surface area contributed by atoms with Gasteiger partial charge in [0.1, 0.15) is 0 Å². The van der Waals surface area contributed by atoms with E-state index in [9.17, 15) is 8.78 Å². The van der Waals surface area contributed by atoms with Crippen LogP contribution in [0.5, 0.6) is 0 Å². The maximum absolute atomic E-state index is 12.3. The molecule has 0 aromatic rings. The Balaban J connectivity index is 3.01. The van der Waals surface area contributed by atoms with Gasteiger partial charge in [-0.2, -0.15) is 0 Å². The summed E-state index contributed by atoms with van der Waals surface area (Å²) in [5.41, 5.74) is 5.29. The van der Waals surface area contributed by atoms with Crippen LogP contribution < -0.4 is 5.73 Å². The molecule has 12 heavy (non-hydrogen) atoms. The zero-order valence-corrected chi connectivity index (χ0v) is 7.78. The van der Waals surface area contributed by atoms with Gasteiger partial charge in [0.25, 0.3) is 0 Å². The fraction of sp³-hybridized carbons (Fsp3) is 1.00. The van der Waals surface area contributed by atoms with Crippen molar-refractivity contribution in [1.29, 1.82) is 0 Å². The summed E-state index contributed by atoms with van der Waals surface area (Å²) in [6.45, 7) is 1.69. The van der Waals surface area contributed by atoms with Crippen molar-refractivity contribution in [2.24, 2.45) is 5.73 Å². The van der Waals surface area contributed by atoms with E-state index in [-0.39, 0.29) is 6.42 Å². The molecule has 0 fully saturated rings. The number of unbranched alkanes of at least 4 members (excludes halogenated alkanes) is 4. The summed E-state index contributed by atoms with van der Waals surface area (Å²) in [7, 11) is 0. The summed E-state index contributed by atoms with van der Waals surface area (Å²) < 4.78 is 24.6. The lowest BCUT2D eigenvalue weighted by atomic mass is 10.1. The quantitative estimate of drug-likeness (QED) is 0.597. The van der Waals surface area contributed by atoms with Crippen LogP contribution in [0.25, 0.3) is 0 Å². The second-order valence-corrected chi connectivity index (χ2v) is 3.38. The Morgan fingerprint density at radius 3 is 2.00 bits per heavy atom. The minimum Gasteiger partial charge on any atom is -0.330 e. The molecular formula is C9H19F2N. The standard InChI is InChI=1S/C9H19F2N/c1-9(10,11)7-5-3-2-4-6-8-12/h2-8,12H2,1H3. The van der Waals surface area contributed by atoms with Crippen LogP contribution in [0, 0.1) is 0 Å². The van der Waals surface area contributed by atoms with E-state index >= 15 is 0 Å². The van der Waals surface area contributed by atoms with Crippen molar-refractivity contribution in [3.8, 4) is 0 Å². The summed E-state index contributed by atoms with van der Waals surface area (Å²) in [6.07, 6.45) is 4.69. The van der Waals surface area contributed by atoms with Crippen molar-refractivity contribution in [3.63, 3.8) is 0 Å². The maximum atomic E-state index is 12.3. The van der Waals surface area contributed by atoms with Crippen LogP contribution in [-0.2, 0) is 0 Å². The highest BCUT2D eigenvalue weighted by Crippen LogP contribution is 2.20. The molecule has 0 saturated heterocycles. The summed E-state index contributed by atoms with van der Waals surface area (Å²) in [4.78, 5) is 0. The molecule has 0 amide bonds. The molecule has 0 unspecified atom stereocenters. The third kappa shape index (κ3) is 9.82. The number of hydrogen-bond donors (Lipinski definition) is 1. The molecule has 74 valence electrons. The molecule has 2 N–H and O–H groups in total. The van der Waals surface area contributed by atoms with Crippen LogP contribution in [0.3, 0.4) is 0 Å². The zero-order valence-electron chi connectivity index (χ0n) is 7.78. The van der Waals surface area contributed by atoms with E-state index in [4.69, 9.17) is 5.73 Å². The highest BCUT2D eigenvalue weighted by Gasteiger charge is 2.19. The van der Waals surface area contributed by atoms with Gasteiger partial charge in [-0.15, -0.1) is 0 Å². The minimum absolute atomic E-state index is 0.0234. The van der Waals surface area contributed by atoms with Gasteiger partial charge in [0.2, 0.25) is 5.92 Å². The Hall–Kier alpha value is -0.180. The molecule has 0 aliphatic heterocycles. The van der Waals surface area contributed by atoms with Gasteiger partial charge < -0.3 is 5.73 Å². The van der Waals surface area contributed by atoms with Crippen molar-refractivity contribution < 1.29 is 8.78 Å². The van der Waals surface area contributed by atoms with Gasteiger partial charge in [0.05, 0.1) is 0 Å². The minimum atomic E-state index is -2.48. The number of rotatable bonds is 7. The van der Waals surface area contributed by atoms with Crippen LogP contribution in [-0.4, -0.2) is 12.5 Å². The molecule has 0 aliphatic rings. The molecule has 0 atom stereocenters. The Bertz CT molecular complexity index is 99.2. The lowest BCUT2D eigenvalue weighted by Gasteiger charge is -2.08. The third-order valence-corrected chi connectivity index (χ3v) is 1.82. The molecule has 0 bridgehead atoms. The van der Waals surface area contributed by atoms with Crippen LogP contribution in [0.15, 0.2) is 0 Å². The molecule has 0 radical (unpaired) electrons. The van der Waals surface area contributed by atoms with Crippen LogP contribution >= 0.6 is 0 Å². The average Bonchev–Trinajstić information content (AvgIpc) is 1.94. The summed E-state index contributed by atoms with van der Waals surface area (Å²) in [5.74, 6) is -2.48. The summed E-state index contributed by atoms with van der Waals surface area (Å²) in [5, 5.41) is 0. The van der Waals surface area contributed by atoms with E-state index in [1.54, 1.807) is 0 Å². The van der Waals surface area contributed by atoms with Crippen molar-refractivity contribution in [2.75, 3.05) is 6.54 Å². The monoisotopic (exact) mass is 179 g/mol. The molecule has 0 aliphatic carbocycles. The fourth-order valence-electron chi connectivity index (χ4n) is 1.11. The molecular weight excluding hydrogens is 160 g/mol. The molecule has 3 heteroatoms. The second kappa shape index (κ2) is 6.35. The van der Waals surface area contributed by atoms with Crippen LogP contribution in [0.1, 0.15) is 45.4 Å². The van der Waals surface area contributed by atoms with Crippen molar-refractivity contribution in [2.45, 2.75) is 51.4 Å². The van der Waals surface area contributed by atoms with Gasteiger partial charge in [-0.3, -0.25) is 0 Å². The highest BCUT2D eigenvalue weighted by atomic mass is 19.3. The third-order valence-electron chi connectivity index (χ3n) is 1.82. The first-order chi connectivity index (χ1) is 5.56. The lowest BCUT2D eigenvalue weighted by molar-refractivity contribution is 0.0103. The van der Waals surface area contributed by atoms with Gasteiger partial charge >= 0.3 is 0 Å². The topological polar surface area (TPSA) is 26.0 Å². The van der Waals surface area contributed by atoms with Gasteiger partial charge in [-0.25, -0.2) is 8.78 Å². The van der Waals surface area contributed by atoms with Gasteiger partial charge in [0, 0.05) is 6.42 Å². The first-order valence-corrected chi connectivity index (χ1v) is 4.64. The fourth-order valence-corrected chi connectivity index (χ4v) is 1.11. The zero-order chi connectivity index (χ0) is 9.45. The van der Waals surface area contributed by atoms with E-state index in [1.807, 2.05) is 0 Å². The van der Waals surface area contributed by atoms with Crippen molar-refractivity contribution >= 4 is 0 Å². The van der Waals surface area contributed by atoms with E-state index in [0.717, 1.165) is 32.6 Å². The van der Waals surface area contributed by atoms with Crippen molar-refractivity contribution in [3.05, 3.63) is 0 Å². The Morgan fingerprint density at radius 2 is 1.50 bits per heavy atom. The van der Waals surface area contributed by atoms with Gasteiger partial charge in [-0.1, -0.05) is 19.3 Å². The summed E-state index contributed by atoms with van der Waals surface area (Å²) in [6, 6.07) is 0. The van der Waals surface area contributed by atoms with Crippen LogP contribution in [0.2, 0.25) is 0 Å². The van der Waals surface area contributed by atoms with Gasteiger partial charge in [-0.05, 0) is 26.3 Å². The molecule has 0 rings (SSSR count). The molecule has 0 aromatic carbocycles. The Morgan fingerprint density at radius 1 is 1.00 bits per heavy atom. The molecule has 0 saturated carbocycles. The van der Waals surface area contributed by atoms with Gasteiger partial charge in [0.15, 0.2) is 0 Å². The first-order valence-electron chi connectivity index (χ1n) is 4.64. The molecule has 0 spiro atoms. The first kappa shape index (κ1) is 11.8. The predicted octanol–water partition coefficient (Wildman–Crippen LogP) is 2.94. The Kier molecular flexibility index (Phi) is 6.25. The van der Waals surface area contributed by atoms with E-state index in [0.29, 0.717) is 13.0 Å². The van der Waals surface area contributed by atoms with E-state index in [1.165, 1.54) is 0 Å².